The van der Waals surface area contributed by atoms with Gasteiger partial charge in [-0.2, -0.15) is 0 Å². The Hall–Kier alpha value is -2.81. The largest absolute Gasteiger partial charge is 0.495 e. The van der Waals surface area contributed by atoms with Crippen LogP contribution in [-0.4, -0.2) is 41.8 Å². The zero-order chi connectivity index (χ0) is 20.9. The maximum Gasteiger partial charge on any atom is 0.188 e. The predicted molar refractivity (Wildman–Crippen MR) is 108 cm³/mol. The third-order valence-corrected chi connectivity index (χ3v) is 7.04. The second-order valence-electron chi connectivity index (χ2n) is 7.44. The van der Waals surface area contributed by atoms with Crippen molar-refractivity contribution in [3.8, 4) is 22.9 Å². The average Bonchev–Trinajstić information content (AvgIpc) is 3.02. The van der Waals surface area contributed by atoms with Gasteiger partial charge in [0.1, 0.15) is 16.3 Å². The number of imidazole rings is 1. The number of aromatic nitrogens is 3. The highest BCUT2D eigenvalue weighted by Gasteiger charge is 2.34. The van der Waals surface area contributed by atoms with Gasteiger partial charge in [0.2, 0.25) is 0 Å². The molecule has 0 amide bonds. The molecule has 3 heterocycles. The lowest BCUT2D eigenvalue weighted by Gasteiger charge is -2.21. The van der Waals surface area contributed by atoms with Crippen LogP contribution in [0.2, 0.25) is 0 Å². The van der Waals surface area contributed by atoms with E-state index in [2.05, 4.69) is 9.97 Å². The van der Waals surface area contributed by atoms with Crippen LogP contribution in [0, 0.1) is 6.92 Å². The third-order valence-electron chi connectivity index (χ3n) is 4.54. The van der Waals surface area contributed by atoms with E-state index in [4.69, 9.17) is 15.2 Å². The zero-order valence-electron chi connectivity index (χ0n) is 16.8. The van der Waals surface area contributed by atoms with Crippen molar-refractivity contribution in [2.24, 2.45) is 0 Å². The van der Waals surface area contributed by atoms with Crippen molar-refractivity contribution in [3.05, 3.63) is 30.1 Å². The minimum absolute atomic E-state index is 0.0902. The summed E-state index contributed by atoms with van der Waals surface area (Å²) >= 11 is 0. The molecule has 150 valence electrons. The Balaban J connectivity index is 2.30. The number of anilines is 1. The van der Waals surface area contributed by atoms with Crippen molar-refractivity contribution in [2.75, 3.05) is 20.0 Å². The zero-order valence-corrected chi connectivity index (χ0v) is 17.6. The number of pyridine rings is 2. The summed E-state index contributed by atoms with van der Waals surface area (Å²) in [5.41, 5.74) is 8.53. The summed E-state index contributed by atoms with van der Waals surface area (Å²) < 4.78 is 37.4. The molecule has 0 radical (unpaired) electrons. The fourth-order valence-electron chi connectivity index (χ4n) is 2.95. The maximum atomic E-state index is 13.1. The van der Waals surface area contributed by atoms with Crippen LogP contribution < -0.4 is 15.2 Å². The number of hydrogen-bond donors (Lipinski definition) is 1. The van der Waals surface area contributed by atoms with Crippen molar-refractivity contribution < 1.29 is 17.9 Å². The molecule has 0 bridgehead atoms. The number of nitrogens with zero attached hydrogens (tertiary/aromatic N) is 3. The molecular weight excluding hydrogens is 380 g/mol. The number of rotatable bonds is 4. The summed E-state index contributed by atoms with van der Waals surface area (Å²) in [5, 5.41) is 0. The Bertz CT molecular complexity index is 1140. The first-order chi connectivity index (χ1) is 13.0. The first-order valence-electron chi connectivity index (χ1n) is 8.62. The summed E-state index contributed by atoms with van der Waals surface area (Å²) in [7, 11) is -0.684. The lowest BCUT2D eigenvalue weighted by atomic mass is 10.2. The van der Waals surface area contributed by atoms with E-state index in [1.54, 1.807) is 37.4 Å². The molecule has 0 saturated carbocycles. The molecule has 0 unspecified atom stereocenters. The SMILES string of the molecule is COc1cc2ncc(-c3cc(C)c(OC)c(N)n3)n2cc1S(=O)(=O)C(C)(C)C. The quantitative estimate of drug-likeness (QED) is 0.712. The van der Waals surface area contributed by atoms with Crippen LogP contribution >= 0.6 is 0 Å². The van der Waals surface area contributed by atoms with Gasteiger partial charge < -0.3 is 15.2 Å². The van der Waals surface area contributed by atoms with Gasteiger partial charge >= 0.3 is 0 Å². The molecule has 0 aliphatic carbocycles. The van der Waals surface area contributed by atoms with E-state index in [0.717, 1.165) is 5.56 Å². The minimum atomic E-state index is -3.65. The molecule has 0 atom stereocenters. The van der Waals surface area contributed by atoms with Gasteiger partial charge in [-0.05, 0) is 39.3 Å². The van der Waals surface area contributed by atoms with Crippen LogP contribution in [0.4, 0.5) is 5.82 Å². The van der Waals surface area contributed by atoms with E-state index in [9.17, 15) is 8.42 Å². The highest BCUT2D eigenvalue weighted by molar-refractivity contribution is 7.92. The van der Waals surface area contributed by atoms with E-state index in [1.807, 2.05) is 13.0 Å². The molecule has 0 aliphatic heterocycles. The Labute approximate surface area is 164 Å². The molecule has 3 aromatic rings. The predicted octanol–water partition coefficient (Wildman–Crippen LogP) is 2.88. The highest BCUT2D eigenvalue weighted by atomic mass is 32.2. The van der Waals surface area contributed by atoms with E-state index >= 15 is 0 Å². The van der Waals surface area contributed by atoms with Crippen molar-refractivity contribution in [1.29, 1.82) is 0 Å². The van der Waals surface area contributed by atoms with Gasteiger partial charge in [0, 0.05) is 12.3 Å². The van der Waals surface area contributed by atoms with Crippen molar-refractivity contribution in [1.82, 2.24) is 14.4 Å². The van der Waals surface area contributed by atoms with Gasteiger partial charge in [-0.3, -0.25) is 4.40 Å². The minimum Gasteiger partial charge on any atom is -0.495 e. The topological polar surface area (TPSA) is 109 Å². The van der Waals surface area contributed by atoms with Gasteiger partial charge in [-0.15, -0.1) is 0 Å². The number of nitrogen functional groups attached to an aromatic ring is 1. The van der Waals surface area contributed by atoms with Crippen LogP contribution in [0.5, 0.6) is 11.5 Å². The Morgan fingerprint density at radius 3 is 2.36 bits per heavy atom. The standard InChI is InChI=1S/C19H24N4O4S/c1-11-7-12(22-18(20)17(11)27-6)13-9-21-16-8-14(26-5)15(10-23(13)16)28(24,25)19(2,3)4/h7-10H,1-6H3,(H2,20,22). The molecule has 0 aliphatic rings. The number of aryl methyl sites for hydroxylation is 1. The molecule has 3 rings (SSSR count). The van der Waals surface area contributed by atoms with E-state index in [0.29, 0.717) is 22.8 Å². The lowest BCUT2D eigenvalue weighted by molar-refractivity contribution is 0.401. The summed E-state index contributed by atoms with van der Waals surface area (Å²) in [6.07, 6.45) is 3.14. The van der Waals surface area contributed by atoms with Gasteiger partial charge in [0.25, 0.3) is 0 Å². The van der Waals surface area contributed by atoms with Crippen molar-refractivity contribution in [3.63, 3.8) is 0 Å². The second-order valence-corrected chi connectivity index (χ2v) is 10.1. The molecule has 3 aromatic heterocycles. The molecule has 0 aromatic carbocycles. The van der Waals surface area contributed by atoms with E-state index in [-0.39, 0.29) is 16.5 Å². The molecular formula is C19H24N4O4S. The smallest absolute Gasteiger partial charge is 0.188 e. The molecule has 9 heteroatoms. The maximum absolute atomic E-state index is 13.1. The van der Waals surface area contributed by atoms with E-state index in [1.165, 1.54) is 20.4 Å². The van der Waals surface area contributed by atoms with Crippen molar-refractivity contribution in [2.45, 2.75) is 37.3 Å². The highest BCUT2D eigenvalue weighted by Crippen LogP contribution is 2.35. The van der Waals surface area contributed by atoms with Crippen LogP contribution in [0.3, 0.4) is 0 Å². The number of ether oxygens (including phenoxy) is 2. The Kier molecular flexibility index (Phi) is 4.74. The summed E-state index contributed by atoms with van der Waals surface area (Å²) in [6.45, 7) is 6.81. The Morgan fingerprint density at radius 1 is 1.14 bits per heavy atom. The average molecular weight is 404 g/mol. The molecule has 0 spiro atoms. The van der Waals surface area contributed by atoms with Gasteiger partial charge in [0.05, 0.1) is 36.6 Å². The molecule has 8 nitrogen and oxygen atoms in total. The normalized spacial score (nSPS) is 12.4. The number of hydrogen-bond acceptors (Lipinski definition) is 7. The van der Waals surface area contributed by atoms with Crippen LogP contribution in [0.15, 0.2) is 29.4 Å². The van der Waals surface area contributed by atoms with Crippen LogP contribution in [-0.2, 0) is 9.84 Å². The Morgan fingerprint density at radius 2 is 1.82 bits per heavy atom. The fraction of sp³-hybridized carbons (Fsp3) is 0.368. The summed E-state index contributed by atoms with van der Waals surface area (Å²) in [6, 6.07) is 3.42. The molecule has 0 fully saturated rings. The number of nitrogens with two attached hydrogens (primary N) is 1. The number of sulfone groups is 1. The third kappa shape index (κ3) is 3.05. The van der Waals surface area contributed by atoms with Crippen LogP contribution in [0.1, 0.15) is 26.3 Å². The summed E-state index contributed by atoms with van der Waals surface area (Å²) in [4.78, 5) is 8.85. The van der Waals surface area contributed by atoms with E-state index < -0.39 is 14.6 Å². The number of methoxy groups -OCH3 is 2. The fourth-order valence-corrected chi connectivity index (χ4v) is 4.26. The van der Waals surface area contributed by atoms with Gasteiger partial charge in [-0.25, -0.2) is 18.4 Å². The first kappa shape index (κ1) is 19.9. The molecule has 28 heavy (non-hydrogen) atoms. The van der Waals surface area contributed by atoms with Crippen LogP contribution in [0.25, 0.3) is 17.0 Å². The number of fused-ring (bicyclic) bond motifs is 1. The summed E-state index contributed by atoms with van der Waals surface area (Å²) in [5.74, 6) is 1.01. The second kappa shape index (κ2) is 6.66. The lowest BCUT2D eigenvalue weighted by Crippen LogP contribution is -2.28. The van der Waals surface area contributed by atoms with Gasteiger partial charge in [0.15, 0.2) is 21.4 Å². The first-order valence-corrected chi connectivity index (χ1v) is 10.1. The molecule has 0 saturated heterocycles. The van der Waals surface area contributed by atoms with Gasteiger partial charge in [-0.1, -0.05) is 0 Å². The molecule has 2 N–H and O–H groups in total. The van der Waals surface area contributed by atoms with Crippen molar-refractivity contribution >= 4 is 21.3 Å². The monoisotopic (exact) mass is 404 g/mol.